The molecule has 36 heavy (non-hydrogen) atoms. The van der Waals surface area contributed by atoms with Gasteiger partial charge in [0, 0.05) is 57.6 Å². The summed E-state index contributed by atoms with van der Waals surface area (Å²) in [5, 5.41) is 0.974. The highest BCUT2D eigenvalue weighted by Crippen LogP contribution is 2.42. The number of aromatic nitrogens is 2. The highest BCUT2D eigenvalue weighted by atomic mass is 16.5. The lowest BCUT2D eigenvalue weighted by Crippen LogP contribution is -2.47. The van der Waals surface area contributed by atoms with E-state index in [0.717, 1.165) is 72.9 Å². The topological polar surface area (TPSA) is 80.3 Å². The van der Waals surface area contributed by atoms with Gasteiger partial charge in [-0.25, -0.2) is 14.8 Å². The Balaban J connectivity index is 1.44. The van der Waals surface area contributed by atoms with Crippen LogP contribution in [0, 0.1) is 0 Å². The second-order valence-corrected chi connectivity index (χ2v) is 9.47. The highest BCUT2D eigenvalue weighted by Gasteiger charge is 2.30. The van der Waals surface area contributed by atoms with Crippen molar-refractivity contribution in [2.24, 2.45) is 0 Å². The summed E-state index contributed by atoms with van der Waals surface area (Å²) in [6.07, 6.45) is 2.28. The van der Waals surface area contributed by atoms with Crippen molar-refractivity contribution in [3.63, 3.8) is 0 Å². The van der Waals surface area contributed by atoms with Crippen LogP contribution in [0.2, 0.25) is 0 Å². The molecular weight excluding hydrogens is 458 g/mol. The monoisotopic (exact) mass is 491 g/mol. The zero-order chi connectivity index (χ0) is 25.4. The molecule has 9 nitrogen and oxygen atoms in total. The fourth-order valence-corrected chi connectivity index (χ4v) is 4.78. The van der Waals surface area contributed by atoms with Crippen molar-refractivity contribution in [2.75, 3.05) is 76.3 Å². The second kappa shape index (κ2) is 9.72. The molecule has 0 bridgehead atoms. The lowest BCUT2D eigenvalue weighted by molar-refractivity contribution is 0.0601. The highest BCUT2D eigenvalue weighted by molar-refractivity contribution is 5.93. The third-order valence-electron chi connectivity index (χ3n) is 6.94. The quantitative estimate of drug-likeness (QED) is 0.460. The van der Waals surface area contributed by atoms with Crippen LogP contribution in [0.25, 0.3) is 10.9 Å². The van der Waals surface area contributed by atoms with E-state index in [2.05, 4.69) is 9.80 Å². The molecule has 9 heteroatoms. The maximum atomic E-state index is 12.1. The van der Waals surface area contributed by atoms with Crippen LogP contribution in [-0.4, -0.2) is 77.5 Å². The molecule has 2 heterocycles. The van der Waals surface area contributed by atoms with Gasteiger partial charge in [0.25, 0.3) is 0 Å². The Bertz CT molecular complexity index is 1280. The lowest BCUT2D eigenvalue weighted by atomic mass is 10.1. The Morgan fingerprint density at radius 1 is 0.917 bits per heavy atom. The number of piperazine rings is 1. The van der Waals surface area contributed by atoms with Crippen molar-refractivity contribution in [3.05, 3.63) is 41.7 Å². The maximum Gasteiger partial charge on any atom is 0.337 e. The summed E-state index contributed by atoms with van der Waals surface area (Å²) in [6.45, 7) is 3.29. The van der Waals surface area contributed by atoms with E-state index in [-0.39, 0.29) is 5.97 Å². The van der Waals surface area contributed by atoms with E-state index < -0.39 is 0 Å². The van der Waals surface area contributed by atoms with Gasteiger partial charge >= 0.3 is 5.97 Å². The van der Waals surface area contributed by atoms with Crippen LogP contribution >= 0.6 is 0 Å². The number of nitrogens with zero attached hydrogens (tertiary/aromatic N) is 5. The number of ether oxygens (including phenoxy) is 3. The van der Waals surface area contributed by atoms with Crippen molar-refractivity contribution in [1.82, 2.24) is 9.97 Å². The van der Waals surface area contributed by atoms with Crippen LogP contribution in [0.5, 0.6) is 11.5 Å². The zero-order valence-electron chi connectivity index (χ0n) is 21.6. The van der Waals surface area contributed by atoms with Gasteiger partial charge in [0.1, 0.15) is 11.6 Å². The first kappa shape index (κ1) is 24.0. The first-order chi connectivity index (χ1) is 17.4. The Morgan fingerprint density at radius 3 is 2.19 bits per heavy atom. The van der Waals surface area contributed by atoms with Crippen molar-refractivity contribution < 1.29 is 19.0 Å². The van der Waals surface area contributed by atoms with Crippen LogP contribution in [-0.2, 0) is 4.74 Å². The molecular formula is C27H33N5O4. The van der Waals surface area contributed by atoms with Crippen molar-refractivity contribution in [3.8, 4) is 11.5 Å². The second-order valence-electron chi connectivity index (χ2n) is 9.47. The van der Waals surface area contributed by atoms with E-state index in [0.29, 0.717) is 23.0 Å². The van der Waals surface area contributed by atoms with Gasteiger partial charge in [-0.3, -0.25) is 0 Å². The van der Waals surface area contributed by atoms with E-state index in [1.807, 2.05) is 49.3 Å². The average molecular weight is 492 g/mol. The Hall–Kier alpha value is -3.75. The minimum atomic E-state index is -0.330. The first-order valence-corrected chi connectivity index (χ1v) is 12.3. The van der Waals surface area contributed by atoms with E-state index in [4.69, 9.17) is 24.2 Å². The van der Waals surface area contributed by atoms with Gasteiger partial charge in [-0.15, -0.1) is 0 Å². The molecule has 0 N–H and O–H groups in total. The van der Waals surface area contributed by atoms with Crippen LogP contribution < -0.4 is 24.2 Å². The van der Waals surface area contributed by atoms with Gasteiger partial charge in [-0.1, -0.05) is 0 Å². The van der Waals surface area contributed by atoms with E-state index in [9.17, 15) is 4.79 Å². The van der Waals surface area contributed by atoms with Gasteiger partial charge in [0.2, 0.25) is 0 Å². The summed E-state index contributed by atoms with van der Waals surface area (Å²) >= 11 is 0. The number of hydrogen-bond acceptors (Lipinski definition) is 9. The van der Waals surface area contributed by atoms with Gasteiger partial charge in [0.05, 0.1) is 43.8 Å². The standard InChI is InChI=1S/C27H33N5O4/c1-30(2)22-14-18(27(33)36-5)8-9-21(22)31-10-12-32(13-11-31)26-19-15-23(34-3)24(35-4)16-20(19)28-25(29-26)17-6-7-17/h8-9,14-17H,6-7,10-13H2,1-5H3. The molecule has 0 spiro atoms. The minimum absolute atomic E-state index is 0.330. The molecule has 1 aromatic heterocycles. The molecule has 0 amide bonds. The van der Waals surface area contributed by atoms with Crippen LogP contribution in [0.1, 0.15) is 34.9 Å². The number of carbonyl (C=O) groups excluding carboxylic acids is 1. The molecule has 5 rings (SSSR count). The van der Waals surface area contributed by atoms with Crippen molar-refractivity contribution >= 4 is 34.1 Å². The number of esters is 1. The largest absolute Gasteiger partial charge is 0.493 e. The molecule has 1 aliphatic heterocycles. The molecule has 3 aromatic rings. The SMILES string of the molecule is COC(=O)c1ccc(N2CCN(c3nc(C4CC4)nc4cc(OC)c(OC)cc34)CC2)c(N(C)C)c1. The van der Waals surface area contributed by atoms with Gasteiger partial charge in [-0.05, 0) is 37.1 Å². The van der Waals surface area contributed by atoms with Crippen LogP contribution in [0.4, 0.5) is 17.2 Å². The fourth-order valence-electron chi connectivity index (χ4n) is 4.78. The Kier molecular flexibility index (Phi) is 6.47. The molecule has 1 saturated heterocycles. The predicted octanol–water partition coefficient (Wildman–Crippen LogP) is 3.70. The third kappa shape index (κ3) is 4.45. The number of carbonyl (C=O) groups is 1. The average Bonchev–Trinajstić information content (AvgIpc) is 3.76. The molecule has 0 radical (unpaired) electrons. The summed E-state index contributed by atoms with van der Waals surface area (Å²) < 4.78 is 16.0. The summed E-state index contributed by atoms with van der Waals surface area (Å²) in [6, 6.07) is 9.68. The number of anilines is 3. The normalized spacial score (nSPS) is 15.7. The molecule has 190 valence electrons. The number of benzene rings is 2. The summed E-state index contributed by atoms with van der Waals surface area (Å²) in [4.78, 5) is 28.7. The molecule has 2 fully saturated rings. The Morgan fingerprint density at radius 2 is 1.58 bits per heavy atom. The summed E-state index contributed by atoms with van der Waals surface area (Å²) in [7, 11) is 8.68. The van der Waals surface area contributed by atoms with E-state index >= 15 is 0 Å². The van der Waals surface area contributed by atoms with Gasteiger partial charge in [0.15, 0.2) is 11.5 Å². The van der Waals surface area contributed by atoms with E-state index in [1.165, 1.54) is 7.11 Å². The molecule has 0 atom stereocenters. The molecule has 2 aliphatic rings. The molecule has 0 unspecified atom stereocenters. The summed E-state index contributed by atoms with van der Waals surface area (Å²) in [5.74, 6) is 3.33. The minimum Gasteiger partial charge on any atom is -0.493 e. The molecule has 2 aromatic carbocycles. The number of hydrogen-bond donors (Lipinski definition) is 0. The predicted molar refractivity (Wildman–Crippen MR) is 141 cm³/mol. The van der Waals surface area contributed by atoms with Crippen LogP contribution in [0.15, 0.2) is 30.3 Å². The third-order valence-corrected chi connectivity index (χ3v) is 6.94. The lowest BCUT2D eigenvalue weighted by Gasteiger charge is -2.38. The Labute approximate surface area is 211 Å². The van der Waals surface area contributed by atoms with Gasteiger partial charge < -0.3 is 28.9 Å². The zero-order valence-corrected chi connectivity index (χ0v) is 21.6. The van der Waals surface area contributed by atoms with Crippen LogP contribution in [0.3, 0.4) is 0 Å². The molecule has 1 aliphatic carbocycles. The van der Waals surface area contributed by atoms with E-state index in [1.54, 1.807) is 14.2 Å². The number of methoxy groups -OCH3 is 3. The maximum absolute atomic E-state index is 12.1. The van der Waals surface area contributed by atoms with Crippen molar-refractivity contribution in [1.29, 1.82) is 0 Å². The fraction of sp³-hybridized carbons (Fsp3) is 0.444. The number of fused-ring (bicyclic) bond motifs is 1. The van der Waals surface area contributed by atoms with Gasteiger partial charge in [-0.2, -0.15) is 0 Å². The summed E-state index contributed by atoms with van der Waals surface area (Å²) in [5.41, 5.74) is 3.53. The molecule has 1 saturated carbocycles. The smallest absolute Gasteiger partial charge is 0.337 e. The number of rotatable bonds is 7. The first-order valence-electron chi connectivity index (χ1n) is 12.3. The van der Waals surface area contributed by atoms with Crippen molar-refractivity contribution in [2.45, 2.75) is 18.8 Å².